The lowest BCUT2D eigenvalue weighted by molar-refractivity contribution is 0.299. The van der Waals surface area contributed by atoms with Gasteiger partial charge < -0.3 is 10.5 Å². The standard InChI is InChI=1S/C14H20ClNO/c1-9-7-13(17-8-11-3-4-11)14(15)10(2)12(9)5-6-16/h7,11H,3-6,8,16H2,1-2H3. The Kier molecular flexibility index (Phi) is 3.95. The highest BCUT2D eigenvalue weighted by Crippen LogP contribution is 2.35. The van der Waals surface area contributed by atoms with Crippen LogP contribution in [0.1, 0.15) is 29.5 Å². The zero-order chi connectivity index (χ0) is 12.4. The molecule has 0 amide bonds. The smallest absolute Gasteiger partial charge is 0.138 e. The summed E-state index contributed by atoms with van der Waals surface area (Å²) in [6.07, 6.45) is 3.46. The molecule has 94 valence electrons. The second-order valence-corrected chi connectivity index (χ2v) is 5.28. The molecule has 2 nitrogen and oxygen atoms in total. The highest BCUT2D eigenvalue weighted by atomic mass is 35.5. The summed E-state index contributed by atoms with van der Waals surface area (Å²) >= 11 is 6.34. The number of hydrogen-bond acceptors (Lipinski definition) is 2. The lowest BCUT2D eigenvalue weighted by atomic mass is 9.99. The predicted octanol–water partition coefficient (Wildman–Crippen LogP) is 3.25. The first kappa shape index (κ1) is 12.7. The molecule has 2 rings (SSSR count). The molecule has 1 fully saturated rings. The maximum atomic E-state index is 6.34. The molecule has 1 aliphatic carbocycles. The number of nitrogens with two attached hydrogens (primary N) is 1. The Morgan fingerprint density at radius 2 is 2.12 bits per heavy atom. The molecule has 1 aromatic carbocycles. The molecule has 0 spiro atoms. The molecule has 0 heterocycles. The zero-order valence-electron chi connectivity index (χ0n) is 10.6. The molecule has 3 heteroatoms. The van der Waals surface area contributed by atoms with E-state index in [0.717, 1.165) is 35.3 Å². The van der Waals surface area contributed by atoms with E-state index < -0.39 is 0 Å². The Morgan fingerprint density at radius 3 is 2.71 bits per heavy atom. The Bertz CT molecular complexity index is 413. The minimum absolute atomic E-state index is 0.653. The van der Waals surface area contributed by atoms with Gasteiger partial charge in [-0.15, -0.1) is 0 Å². The van der Waals surface area contributed by atoms with Gasteiger partial charge in [-0.2, -0.15) is 0 Å². The molecule has 0 bridgehead atoms. The van der Waals surface area contributed by atoms with Crippen molar-refractivity contribution >= 4 is 11.6 Å². The summed E-state index contributed by atoms with van der Waals surface area (Å²) in [6.45, 7) is 5.59. The van der Waals surface area contributed by atoms with Crippen LogP contribution in [0.3, 0.4) is 0 Å². The second kappa shape index (κ2) is 5.28. The fourth-order valence-corrected chi connectivity index (χ4v) is 2.31. The summed E-state index contributed by atoms with van der Waals surface area (Å²) in [7, 11) is 0. The van der Waals surface area contributed by atoms with Gasteiger partial charge in [0, 0.05) is 0 Å². The third-order valence-corrected chi connectivity index (χ3v) is 3.86. The van der Waals surface area contributed by atoms with Gasteiger partial charge in [-0.3, -0.25) is 0 Å². The average Bonchev–Trinajstić information content (AvgIpc) is 3.11. The van der Waals surface area contributed by atoms with Gasteiger partial charge in [0.1, 0.15) is 5.75 Å². The fraction of sp³-hybridized carbons (Fsp3) is 0.571. The number of benzene rings is 1. The van der Waals surface area contributed by atoms with Crippen molar-refractivity contribution in [2.75, 3.05) is 13.2 Å². The zero-order valence-corrected chi connectivity index (χ0v) is 11.3. The van der Waals surface area contributed by atoms with Gasteiger partial charge in [-0.25, -0.2) is 0 Å². The molecule has 0 radical (unpaired) electrons. The first-order valence-electron chi connectivity index (χ1n) is 6.25. The van der Waals surface area contributed by atoms with E-state index >= 15 is 0 Å². The molecule has 1 aromatic rings. The summed E-state index contributed by atoms with van der Waals surface area (Å²) in [5.74, 6) is 1.57. The van der Waals surface area contributed by atoms with Gasteiger partial charge in [-0.05, 0) is 68.3 Å². The number of rotatable bonds is 5. The molecular formula is C14H20ClNO. The quantitative estimate of drug-likeness (QED) is 0.874. The lowest BCUT2D eigenvalue weighted by Gasteiger charge is -2.15. The van der Waals surface area contributed by atoms with Crippen LogP contribution in [0.2, 0.25) is 5.02 Å². The maximum absolute atomic E-state index is 6.34. The minimum Gasteiger partial charge on any atom is -0.492 e. The van der Waals surface area contributed by atoms with E-state index in [1.54, 1.807) is 0 Å². The summed E-state index contributed by atoms with van der Waals surface area (Å²) < 4.78 is 5.79. The van der Waals surface area contributed by atoms with Crippen LogP contribution in [0.25, 0.3) is 0 Å². The summed E-state index contributed by atoms with van der Waals surface area (Å²) in [4.78, 5) is 0. The topological polar surface area (TPSA) is 35.2 Å². The largest absolute Gasteiger partial charge is 0.492 e. The van der Waals surface area contributed by atoms with E-state index in [9.17, 15) is 0 Å². The third kappa shape index (κ3) is 2.93. The summed E-state index contributed by atoms with van der Waals surface area (Å²) in [5, 5.41) is 0.750. The lowest BCUT2D eigenvalue weighted by Crippen LogP contribution is -2.07. The Hall–Kier alpha value is -0.730. The fourth-order valence-electron chi connectivity index (χ4n) is 2.09. The molecule has 0 aliphatic heterocycles. The number of hydrogen-bond donors (Lipinski definition) is 1. The highest BCUT2D eigenvalue weighted by molar-refractivity contribution is 6.33. The number of aryl methyl sites for hydroxylation is 1. The van der Waals surface area contributed by atoms with E-state index in [2.05, 4.69) is 6.92 Å². The molecule has 0 aromatic heterocycles. The van der Waals surface area contributed by atoms with Crippen molar-refractivity contribution in [1.29, 1.82) is 0 Å². The van der Waals surface area contributed by atoms with E-state index in [4.69, 9.17) is 22.1 Å². The van der Waals surface area contributed by atoms with Crippen LogP contribution >= 0.6 is 11.6 Å². The normalized spacial score (nSPS) is 15.1. The molecule has 0 unspecified atom stereocenters. The Balaban J connectivity index is 2.21. The highest BCUT2D eigenvalue weighted by Gasteiger charge is 2.23. The van der Waals surface area contributed by atoms with E-state index in [0.29, 0.717) is 6.54 Å². The van der Waals surface area contributed by atoms with E-state index in [-0.39, 0.29) is 0 Å². The second-order valence-electron chi connectivity index (χ2n) is 4.90. The van der Waals surface area contributed by atoms with Gasteiger partial charge in [0.2, 0.25) is 0 Å². The molecule has 1 saturated carbocycles. The monoisotopic (exact) mass is 253 g/mol. The van der Waals surface area contributed by atoms with Crippen molar-refractivity contribution in [2.24, 2.45) is 11.7 Å². The molecule has 2 N–H and O–H groups in total. The van der Waals surface area contributed by atoms with Crippen LogP contribution in [-0.2, 0) is 6.42 Å². The van der Waals surface area contributed by atoms with Crippen molar-refractivity contribution in [1.82, 2.24) is 0 Å². The van der Waals surface area contributed by atoms with Gasteiger partial charge in [0.25, 0.3) is 0 Å². The van der Waals surface area contributed by atoms with E-state index in [1.807, 2.05) is 13.0 Å². The first-order chi connectivity index (χ1) is 8.13. The van der Waals surface area contributed by atoms with Crippen LogP contribution in [-0.4, -0.2) is 13.2 Å². The van der Waals surface area contributed by atoms with Gasteiger partial charge in [0.15, 0.2) is 0 Å². The number of ether oxygens (including phenoxy) is 1. The first-order valence-corrected chi connectivity index (χ1v) is 6.62. The molecule has 0 saturated heterocycles. The van der Waals surface area contributed by atoms with Crippen LogP contribution < -0.4 is 10.5 Å². The third-order valence-electron chi connectivity index (χ3n) is 3.39. The predicted molar refractivity (Wildman–Crippen MR) is 71.9 cm³/mol. The average molecular weight is 254 g/mol. The minimum atomic E-state index is 0.653. The molecule has 17 heavy (non-hydrogen) atoms. The van der Waals surface area contributed by atoms with Gasteiger partial charge >= 0.3 is 0 Å². The Morgan fingerprint density at radius 1 is 1.41 bits per heavy atom. The Labute approximate surface area is 108 Å². The molecule has 0 atom stereocenters. The van der Waals surface area contributed by atoms with Crippen LogP contribution in [0, 0.1) is 19.8 Å². The van der Waals surface area contributed by atoms with Gasteiger partial charge in [-0.1, -0.05) is 11.6 Å². The summed E-state index contributed by atoms with van der Waals surface area (Å²) in [6, 6.07) is 2.04. The molecular weight excluding hydrogens is 234 g/mol. The van der Waals surface area contributed by atoms with Crippen molar-refractivity contribution in [3.8, 4) is 5.75 Å². The number of halogens is 1. The van der Waals surface area contributed by atoms with Gasteiger partial charge in [0.05, 0.1) is 11.6 Å². The van der Waals surface area contributed by atoms with Crippen molar-refractivity contribution in [3.63, 3.8) is 0 Å². The van der Waals surface area contributed by atoms with E-state index in [1.165, 1.54) is 24.0 Å². The maximum Gasteiger partial charge on any atom is 0.138 e. The van der Waals surface area contributed by atoms with Crippen molar-refractivity contribution < 1.29 is 4.74 Å². The van der Waals surface area contributed by atoms with Crippen molar-refractivity contribution in [2.45, 2.75) is 33.1 Å². The van der Waals surface area contributed by atoms with Crippen LogP contribution in [0.4, 0.5) is 0 Å². The van der Waals surface area contributed by atoms with Crippen LogP contribution in [0.5, 0.6) is 5.75 Å². The SMILES string of the molecule is Cc1cc(OCC2CC2)c(Cl)c(C)c1CCN. The molecule has 1 aliphatic rings. The summed E-state index contributed by atoms with van der Waals surface area (Å²) in [5.41, 5.74) is 9.22. The van der Waals surface area contributed by atoms with Crippen LogP contribution in [0.15, 0.2) is 6.07 Å². The van der Waals surface area contributed by atoms with Crippen molar-refractivity contribution in [3.05, 3.63) is 27.8 Å².